The maximum absolute atomic E-state index is 11.9. The first-order valence-electron chi connectivity index (χ1n) is 7.28. The van der Waals surface area contributed by atoms with E-state index in [1.54, 1.807) is 17.5 Å². The Balaban J connectivity index is 1.84. The summed E-state index contributed by atoms with van der Waals surface area (Å²) in [4.78, 5) is 16.4. The molecule has 0 bridgehead atoms. The van der Waals surface area contributed by atoms with Gasteiger partial charge in [0.15, 0.2) is 0 Å². The van der Waals surface area contributed by atoms with Crippen molar-refractivity contribution in [3.05, 3.63) is 28.5 Å². The lowest BCUT2D eigenvalue weighted by Crippen LogP contribution is -2.31. The van der Waals surface area contributed by atoms with Crippen LogP contribution in [0.25, 0.3) is 0 Å². The summed E-state index contributed by atoms with van der Waals surface area (Å²) in [6, 6.07) is -0.228. The molecular formula is C15H23N5OS. The predicted molar refractivity (Wildman–Crippen MR) is 89.5 cm³/mol. The van der Waals surface area contributed by atoms with Gasteiger partial charge >= 0.3 is 6.03 Å². The summed E-state index contributed by atoms with van der Waals surface area (Å²) >= 11 is 1.62. The van der Waals surface area contributed by atoms with Crippen LogP contribution in [0.5, 0.6) is 0 Å². The largest absolute Gasteiger partial charge is 0.337 e. The Bertz CT molecular complexity index is 640. The number of rotatable bonds is 4. The zero-order valence-corrected chi connectivity index (χ0v) is 14.5. The van der Waals surface area contributed by atoms with Gasteiger partial charge in [0.1, 0.15) is 0 Å². The minimum Gasteiger partial charge on any atom is -0.337 e. The van der Waals surface area contributed by atoms with E-state index in [1.165, 1.54) is 0 Å². The number of nitrogens with zero attached hydrogens (tertiary/aromatic N) is 3. The van der Waals surface area contributed by atoms with Gasteiger partial charge in [-0.05, 0) is 27.7 Å². The van der Waals surface area contributed by atoms with Crippen LogP contribution in [0.4, 0.5) is 10.5 Å². The van der Waals surface area contributed by atoms with Crippen LogP contribution in [0.2, 0.25) is 0 Å². The van der Waals surface area contributed by atoms with E-state index in [2.05, 4.69) is 48.4 Å². The fourth-order valence-corrected chi connectivity index (χ4v) is 2.72. The molecule has 120 valence electrons. The highest BCUT2D eigenvalue weighted by Gasteiger charge is 2.15. The van der Waals surface area contributed by atoms with Crippen molar-refractivity contribution in [1.82, 2.24) is 20.1 Å². The molecule has 0 saturated carbocycles. The number of nitrogens with one attached hydrogen (secondary N) is 2. The maximum atomic E-state index is 11.9. The SMILES string of the molecule is Cc1csc(C(C)CNC(=O)Nc2cnn(C(C)(C)C)c2)n1. The van der Waals surface area contributed by atoms with Crippen molar-refractivity contribution in [3.63, 3.8) is 0 Å². The van der Waals surface area contributed by atoms with Crippen molar-refractivity contribution in [1.29, 1.82) is 0 Å². The number of aromatic nitrogens is 3. The Morgan fingerprint density at radius 2 is 2.18 bits per heavy atom. The van der Waals surface area contributed by atoms with Gasteiger partial charge in [-0.3, -0.25) is 4.68 Å². The van der Waals surface area contributed by atoms with Gasteiger partial charge in [0, 0.05) is 29.7 Å². The third kappa shape index (κ3) is 4.30. The zero-order valence-electron chi connectivity index (χ0n) is 13.7. The Hall–Kier alpha value is -1.89. The lowest BCUT2D eigenvalue weighted by atomic mass is 10.1. The highest BCUT2D eigenvalue weighted by Crippen LogP contribution is 2.19. The number of carbonyl (C=O) groups excluding carboxylic acids is 1. The molecule has 0 aromatic carbocycles. The van der Waals surface area contributed by atoms with Crippen LogP contribution >= 0.6 is 11.3 Å². The molecule has 0 fully saturated rings. The molecule has 2 rings (SSSR count). The van der Waals surface area contributed by atoms with Gasteiger partial charge in [0.2, 0.25) is 0 Å². The van der Waals surface area contributed by atoms with Gasteiger partial charge in [-0.1, -0.05) is 6.92 Å². The van der Waals surface area contributed by atoms with Gasteiger partial charge in [-0.15, -0.1) is 11.3 Å². The summed E-state index contributed by atoms with van der Waals surface area (Å²) in [5.41, 5.74) is 1.60. The van der Waals surface area contributed by atoms with E-state index < -0.39 is 0 Å². The van der Waals surface area contributed by atoms with Crippen LogP contribution in [0, 0.1) is 6.92 Å². The van der Waals surface area contributed by atoms with Crippen molar-refractivity contribution in [3.8, 4) is 0 Å². The van der Waals surface area contributed by atoms with Gasteiger partial charge in [0.05, 0.1) is 22.4 Å². The lowest BCUT2D eigenvalue weighted by molar-refractivity contribution is 0.251. The molecule has 2 aromatic rings. The second kappa shape index (κ2) is 6.48. The number of hydrogen-bond donors (Lipinski definition) is 2. The van der Waals surface area contributed by atoms with Gasteiger partial charge in [0.25, 0.3) is 0 Å². The highest BCUT2D eigenvalue weighted by atomic mass is 32.1. The van der Waals surface area contributed by atoms with Crippen LogP contribution in [0.1, 0.15) is 44.3 Å². The number of urea groups is 1. The van der Waals surface area contributed by atoms with E-state index in [1.807, 2.05) is 23.2 Å². The molecule has 0 saturated heterocycles. The number of aryl methyl sites for hydroxylation is 1. The topological polar surface area (TPSA) is 71.8 Å². The first-order chi connectivity index (χ1) is 10.3. The van der Waals surface area contributed by atoms with E-state index in [4.69, 9.17) is 0 Å². The maximum Gasteiger partial charge on any atom is 0.319 e. The molecule has 2 aromatic heterocycles. The Morgan fingerprint density at radius 1 is 1.45 bits per heavy atom. The summed E-state index contributed by atoms with van der Waals surface area (Å²) in [5, 5.41) is 13.0. The second-order valence-corrected chi connectivity index (χ2v) is 7.30. The summed E-state index contributed by atoms with van der Waals surface area (Å²) in [6.07, 6.45) is 3.48. The van der Waals surface area contributed by atoms with E-state index in [-0.39, 0.29) is 17.5 Å². The molecule has 2 heterocycles. The van der Waals surface area contributed by atoms with Crippen LogP contribution in [-0.4, -0.2) is 27.3 Å². The van der Waals surface area contributed by atoms with Gasteiger partial charge < -0.3 is 10.6 Å². The summed E-state index contributed by atoms with van der Waals surface area (Å²) < 4.78 is 1.82. The van der Waals surface area contributed by atoms with Crippen molar-refractivity contribution in [2.45, 2.75) is 46.1 Å². The van der Waals surface area contributed by atoms with Crippen LogP contribution in [0.3, 0.4) is 0 Å². The van der Waals surface area contributed by atoms with E-state index in [0.29, 0.717) is 12.2 Å². The van der Waals surface area contributed by atoms with E-state index >= 15 is 0 Å². The average Bonchev–Trinajstić information content (AvgIpc) is 3.04. The smallest absolute Gasteiger partial charge is 0.319 e. The molecule has 1 atom stereocenters. The van der Waals surface area contributed by atoms with Crippen LogP contribution < -0.4 is 10.6 Å². The van der Waals surface area contributed by atoms with E-state index in [9.17, 15) is 4.79 Å². The monoisotopic (exact) mass is 321 g/mol. The average molecular weight is 321 g/mol. The molecule has 0 aliphatic carbocycles. The standard InChI is InChI=1S/C15H23N5OS/c1-10(13-18-11(2)9-22-13)6-16-14(21)19-12-7-17-20(8-12)15(3,4)5/h7-10H,6H2,1-5H3,(H2,16,19,21). The minimum atomic E-state index is -0.228. The Kier molecular flexibility index (Phi) is 4.85. The third-order valence-electron chi connectivity index (χ3n) is 3.15. The summed E-state index contributed by atoms with van der Waals surface area (Å²) in [7, 11) is 0. The number of amides is 2. The molecule has 1 unspecified atom stereocenters. The third-order valence-corrected chi connectivity index (χ3v) is 4.35. The molecule has 2 amide bonds. The molecule has 6 nitrogen and oxygen atoms in total. The minimum absolute atomic E-state index is 0.104. The molecule has 7 heteroatoms. The zero-order chi connectivity index (χ0) is 16.3. The predicted octanol–water partition coefficient (Wildman–Crippen LogP) is 3.33. The summed E-state index contributed by atoms with van der Waals surface area (Å²) in [6.45, 7) is 10.7. The quantitative estimate of drug-likeness (QED) is 0.907. The van der Waals surface area contributed by atoms with Gasteiger partial charge in [-0.2, -0.15) is 5.10 Å². The van der Waals surface area contributed by atoms with Crippen molar-refractivity contribution < 1.29 is 4.79 Å². The van der Waals surface area contributed by atoms with Gasteiger partial charge in [-0.25, -0.2) is 9.78 Å². The fourth-order valence-electron chi connectivity index (χ4n) is 1.86. The van der Waals surface area contributed by atoms with Crippen molar-refractivity contribution in [2.24, 2.45) is 0 Å². The molecular weight excluding hydrogens is 298 g/mol. The Morgan fingerprint density at radius 3 is 2.73 bits per heavy atom. The molecule has 0 spiro atoms. The fraction of sp³-hybridized carbons (Fsp3) is 0.533. The van der Waals surface area contributed by atoms with E-state index in [0.717, 1.165) is 10.7 Å². The number of hydrogen-bond acceptors (Lipinski definition) is 4. The first kappa shape index (κ1) is 16.5. The molecule has 0 radical (unpaired) electrons. The summed E-state index contributed by atoms with van der Waals surface area (Å²) in [5.74, 6) is 0.196. The first-order valence-corrected chi connectivity index (χ1v) is 8.15. The van der Waals surface area contributed by atoms with Crippen molar-refractivity contribution in [2.75, 3.05) is 11.9 Å². The second-order valence-electron chi connectivity index (χ2n) is 6.41. The van der Waals surface area contributed by atoms with Crippen molar-refractivity contribution >= 4 is 23.1 Å². The molecule has 2 N–H and O–H groups in total. The lowest BCUT2D eigenvalue weighted by Gasteiger charge is -2.18. The number of thiazole rings is 1. The molecule has 22 heavy (non-hydrogen) atoms. The van der Waals surface area contributed by atoms with Crippen LogP contribution in [-0.2, 0) is 5.54 Å². The number of anilines is 1. The highest BCUT2D eigenvalue weighted by molar-refractivity contribution is 7.09. The molecule has 0 aliphatic heterocycles. The number of carbonyl (C=O) groups is 1. The normalized spacial score (nSPS) is 13.0. The van der Waals surface area contributed by atoms with Crippen LogP contribution in [0.15, 0.2) is 17.8 Å². The Labute approximate surface area is 135 Å². The molecule has 0 aliphatic rings.